The lowest BCUT2D eigenvalue weighted by atomic mass is 10.2. The molecule has 7 nitrogen and oxygen atoms in total. The molecule has 0 unspecified atom stereocenters. The summed E-state index contributed by atoms with van der Waals surface area (Å²) in [6, 6.07) is 1.32. The van der Waals surface area contributed by atoms with Crippen LogP contribution in [-0.4, -0.2) is 29.2 Å². The number of alkyl halides is 6. The molecule has 126 valence electrons. The standard InChI is InChI=1S/C10H4F6N2O5/c11-9(12,13)7(19)17-5-3-4(18(21)22)1-2-6(5)23-8(20)10(14,15)16/h1-3H,(H,17,19). The zero-order valence-corrected chi connectivity index (χ0v) is 10.5. The summed E-state index contributed by atoms with van der Waals surface area (Å²) in [4.78, 5) is 30.9. The van der Waals surface area contributed by atoms with Crippen LogP contribution in [0.4, 0.5) is 37.7 Å². The molecule has 1 rings (SSSR count). The van der Waals surface area contributed by atoms with Crippen molar-refractivity contribution < 1.29 is 45.6 Å². The van der Waals surface area contributed by atoms with Gasteiger partial charge in [0, 0.05) is 12.1 Å². The van der Waals surface area contributed by atoms with Gasteiger partial charge in [0.2, 0.25) is 0 Å². The third kappa shape index (κ3) is 4.82. The number of anilines is 1. The number of carbonyl (C=O) groups excluding carboxylic acids is 2. The van der Waals surface area contributed by atoms with Gasteiger partial charge in [-0.15, -0.1) is 0 Å². The highest BCUT2D eigenvalue weighted by atomic mass is 19.4. The van der Waals surface area contributed by atoms with Crippen molar-refractivity contribution in [2.24, 2.45) is 0 Å². The Hall–Kier alpha value is -2.86. The lowest BCUT2D eigenvalue weighted by Crippen LogP contribution is -2.31. The molecule has 0 saturated heterocycles. The van der Waals surface area contributed by atoms with Gasteiger partial charge in [-0.1, -0.05) is 0 Å². The van der Waals surface area contributed by atoms with Gasteiger partial charge >= 0.3 is 24.2 Å². The number of nitro groups is 1. The second-order valence-electron chi connectivity index (χ2n) is 3.78. The van der Waals surface area contributed by atoms with Crippen molar-refractivity contribution in [3.8, 4) is 5.75 Å². The smallest absolute Gasteiger partial charge is 0.418 e. The number of non-ortho nitro benzene ring substituents is 1. The van der Waals surface area contributed by atoms with E-state index in [1.165, 1.54) is 0 Å². The fraction of sp³-hybridized carbons (Fsp3) is 0.200. The van der Waals surface area contributed by atoms with Crippen LogP contribution in [-0.2, 0) is 9.59 Å². The van der Waals surface area contributed by atoms with E-state index in [2.05, 4.69) is 4.74 Å². The predicted octanol–water partition coefficient (Wildman–Crippen LogP) is 2.56. The van der Waals surface area contributed by atoms with Gasteiger partial charge in [0.15, 0.2) is 5.75 Å². The van der Waals surface area contributed by atoms with E-state index < -0.39 is 46.3 Å². The number of hydrogen-bond acceptors (Lipinski definition) is 5. The van der Waals surface area contributed by atoms with Gasteiger partial charge in [-0.05, 0) is 6.07 Å². The van der Waals surface area contributed by atoms with Gasteiger partial charge < -0.3 is 10.1 Å². The van der Waals surface area contributed by atoms with Gasteiger partial charge in [-0.2, -0.15) is 26.3 Å². The van der Waals surface area contributed by atoms with E-state index in [1.54, 1.807) is 0 Å². The monoisotopic (exact) mass is 346 g/mol. The average molecular weight is 346 g/mol. The van der Waals surface area contributed by atoms with Crippen molar-refractivity contribution in [2.75, 3.05) is 5.32 Å². The number of benzene rings is 1. The zero-order valence-electron chi connectivity index (χ0n) is 10.5. The number of nitrogens with one attached hydrogen (secondary N) is 1. The normalized spacial score (nSPS) is 11.7. The molecule has 0 atom stereocenters. The summed E-state index contributed by atoms with van der Waals surface area (Å²) in [5, 5.41) is 11.6. The largest absolute Gasteiger partial charge is 0.491 e. The molecule has 0 heterocycles. The molecule has 1 N–H and O–H groups in total. The molecule has 0 aromatic heterocycles. The fourth-order valence-electron chi connectivity index (χ4n) is 1.17. The van der Waals surface area contributed by atoms with Gasteiger partial charge in [-0.25, -0.2) is 4.79 Å². The summed E-state index contributed by atoms with van der Waals surface area (Å²) >= 11 is 0. The second-order valence-corrected chi connectivity index (χ2v) is 3.78. The topological polar surface area (TPSA) is 98.5 Å². The minimum atomic E-state index is -5.47. The van der Waals surface area contributed by atoms with Gasteiger partial charge in [-0.3, -0.25) is 14.9 Å². The molecule has 1 aromatic rings. The molecule has 1 aromatic carbocycles. The first-order valence-corrected chi connectivity index (χ1v) is 5.28. The minimum absolute atomic E-state index is 0.308. The Morgan fingerprint density at radius 1 is 1.09 bits per heavy atom. The van der Waals surface area contributed by atoms with E-state index >= 15 is 0 Å². The molecule has 0 aliphatic carbocycles. The highest BCUT2D eigenvalue weighted by molar-refractivity contribution is 5.97. The van der Waals surface area contributed by atoms with E-state index in [9.17, 15) is 46.0 Å². The molecule has 0 aliphatic heterocycles. The molecule has 0 saturated carbocycles. The number of esters is 1. The summed E-state index contributed by atoms with van der Waals surface area (Å²) < 4.78 is 76.4. The van der Waals surface area contributed by atoms with E-state index in [0.29, 0.717) is 18.2 Å². The minimum Gasteiger partial charge on any atom is -0.418 e. The third-order valence-corrected chi connectivity index (χ3v) is 2.11. The van der Waals surface area contributed by atoms with Crippen LogP contribution in [0.1, 0.15) is 0 Å². The van der Waals surface area contributed by atoms with Crippen molar-refractivity contribution >= 4 is 23.3 Å². The van der Waals surface area contributed by atoms with Crippen molar-refractivity contribution in [3.63, 3.8) is 0 Å². The van der Waals surface area contributed by atoms with Crippen LogP contribution < -0.4 is 10.1 Å². The quantitative estimate of drug-likeness (QED) is 0.298. The van der Waals surface area contributed by atoms with E-state index in [-0.39, 0.29) is 0 Å². The number of nitrogens with zero attached hydrogens (tertiary/aromatic N) is 1. The van der Waals surface area contributed by atoms with E-state index in [1.807, 2.05) is 0 Å². The van der Waals surface area contributed by atoms with Crippen molar-refractivity contribution in [1.82, 2.24) is 0 Å². The summed E-state index contributed by atoms with van der Waals surface area (Å²) in [6.07, 6.45) is -10.9. The van der Waals surface area contributed by atoms with Crippen molar-refractivity contribution in [3.05, 3.63) is 28.3 Å². The Balaban J connectivity index is 3.22. The van der Waals surface area contributed by atoms with Crippen LogP contribution >= 0.6 is 0 Å². The Labute approximate surface area is 122 Å². The number of rotatable bonds is 3. The molecule has 13 heteroatoms. The number of amides is 1. The number of carbonyl (C=O) groups is 2. The fourth-order valence-corrected chi connectivity index (χ4v) is 1.17. The van der Waals surface area contributed by atoms with Gasteiger partial charge in [0.1, 0.15) is 0 Å². The van der Waals surface area contributed by atoms with Gasteiger partial charge in [0.25, 0.3) is 5.69 Å². The van der Waals surface area contributed by atoms with Crippen LogP contribution in [0.2, 0.25) is 0 Å². The van der Waals surface area contributed by atoms with E-state index in [4.69, 9.17) is 0 Å². The average Bonchev–Trinajstić information content (AvgIpc) is 2.37. The lowest BCUT2D eigenvalue weighted by molar-refractivity contribution is -0.384. The molecule has 0 bridgehead atoms. The number of ether oxygens (including phenoxy) is 1. The zero-order chi connectivity index (χ0) is 18.0. The van der Waals surface area contributed by atoms with Crippen LogP contribution in [0.15, 0.2) is 18.2 Å². The maximum atomic E-state index is 12.1. The molecule has 23 heavy (non-hydrogen) atoms. The first-order valence-electron chi connectivity index (χ1n) is 5.28. The SMILES string of the molecule is O=C(Nc1cc([N+](=O)[O-])ccc1OC(=O)C(F)(F)F)C(F)(F)F. The maximum absolute atomic E-state index is 12.1. The maximum Gasteiger partial charge on any atom is 0.491 e. The molecule has 1 amide bonds. The second kappa shape index (κ2) is 6.10. The van der Waals surface area contributed by atoms with Crippen LogP contribution in [0, 0.1) is 10.1 Å². The Bertz CT molecular complexity index is 654. The van der Waals surface area contributed by atoms with E-state index in [0.717, 1.165) is 5.32 Å². The molecular weight excluding hydrogens is 342 g/mol. The summed E-state index contributed by atoms with van der Waals surface area (Å²) in [5.41, 5.74) is -1.98. The van der Waals surface area contributed by atoms with Crippen molar-refractivity contribution in [1.29, 1.82) is 0 Å². The highest BCUT2D eigenvalue weighted by Crippen LogP contribution is 2.32. The van der Waals surface area contributed by atoms with Gasteiger partial charge in [0.05, 0.1) is 10.6 Å². The summed E-state index contributed by atoms with van der Waals surface area (Å²) in [7, 11) is 0. The number of nitro benzene ring substituents is 1. The summed E-state index contributed by atoms with van der Waals surface area (Å²) in [5.74, 6) is -6.55. The molecule has 0 fully saturated rings. The Kier molecular flexibility index (Phi) is 4.82. The Morgan fingerprint density at radius 2 is 1.65 bits per heavy atom. The highest BCUT2D eigenvalue weighted by Gasteiger charge is 2.43. The van der Waals surface area contributed by atoms with Crippen LogP contribution in [0.5, 0.6) is 5.75 Å². The lowest BCUT2D eigenvalue weighted by Gasteiger charge is -2.13. The van der Waals surface area contributed by atoms with Crippen LogP contribution in [0.25, 0.3) is 0 Å². The number of hydrogen-bond donors (Lipinski definition) is 1. The molecular formula is C10H4F6N2O5. The van der Waals surface area contributed by atoms with Crippen molar-refractivity contribution in [2.45, 2.75) is 12.4 Å². The third-order valence-electron chi connectivity index (χ3n) is 2.11. The molecule has 0 radical (unpaired) electrons. The number of halogens is 6. The first-order chi connectivity index (χ1) is 10.3. The summed E-state index contributed by atoms with van der Waals surface area (Å²) in [6.45, 7) is 0. The predicted molar refractivity (Wildman–Crippen MR) is 59.5 cm³/mol. The van der Waals surface area contributed by atoms with Crippen LogP contribution in [0.3, 0.4) is 0 Å². The Morgan fingerprint density at radius 3 is 2.09 bits per heavy atom. The molecule has 0 spiro atoms. The molecule has 0 aliphatic rings. The first kappa shape index (κ1) is 18.2.